The van der Waals surface area contributed by atoms with Crippen LogP contribution in [0.2, 0.25) is 5.02 Å². The third-order valence-electron chi connectivity index (χ3n) is 3.96. The topological polar surface area (TPSA) is 101 Å². The zero-order valence-electron chi connectivity index (χ0n) is 16.3. The predicted molar refractivity (Wildman–Crippen MR) is 112 cm³/mol. The third kappa shape index (κ3) is 5.32. The summed E-state index contributed by atoms with van der Waals surface area (Å²) in [6, 6.07) is 9.64. The number of ether oxygens (including phenoxy) is 2. The number of halogens is 2. The molecule has 0 aliphatic rings. The van der Waals surface area contributed by atoms with E-state index in [1.54, 1.807) is 31.2 Å². The first-order valence-corrected chi connectivity index (χ1v) is 9.40. The van der Waals surface area contributed by atoms with Crippen LogP contribution in [0.1, 0.15) is 23.7 Å². The van der Waals surface area contributed by atoms with Gasteiger partial charge in [-0.3, -0.25) is 5.43 Å². The Morgan fingerprint density at radius 1 is 1.27 bits per heavy atom. The molecule has 0 spiro atoms. The molecule has 0 amide bonds. The number of hydrogen-bond acceptors (Lipinski definition) is 7. The van der Waals surface area contributed by atoms with Gasteiger partial charge in [0.25, 0.3) is 0 Å². The van der Waals surface area contributed by atoms with Crippen LogP contribution in [0.3, 0.4) is 0 Å². The second-order valence-electron chi connectivity index (χ2n) is 6.07. The standard InChI is InChI=1S/C20H19ClFN5O3/c1-3-29-18-9-13(10-23-26-19-12(2)25-27-20(28)24-19)7-8-17(18)30-11-14-15(21)5-4-6-16(14)22/h4-10H,3,11H2,1-2H3,(H2,24,26,27,28)/b23-10+. The van der Waals surface area contributed by atoms with Gasteiger partial charge in [-0.2, -0.15) is 15.2 Å². The fourth-order valence-electron chi connectivity index (χ4n) is 2.48. The molecular weight excluding hydrogens is 413 g/mol. The van der Waals surface area contributed by atoms with Gasteiger partial charge in [0.05, 0.1) is 17.8 Å². The maximum atomic E-state index is 13.9. The van der Waals surface area contributed by atoms with Crippen LogP contribution in [0.15, 0.2) is 46.3 Å². The molecule has 0 unspecified atom stereocenters. The van der Waals surface area contributed by atoms with Gasteiger partial charge in [-0.05, 0) is 49.7 Å². The van der Waals surface area contributed by atoms with Crippen molar-refractivity contribution in [2.45, 2.75) is 20.5 Å². The molecule has 0 atom stereocenters. The van der Waals surface area contributed by atoms with Crippen molar-refractivity contribution in [2.75, 3.05) is 12.0 Å². The fraction of sp³-hybridized carbons (Fsp3) is 0.200. The van der Waals surface area contributed by atoms with Crippen molar-refractivity contribution < 1.29 is 13.9 Å². The number of hydrazone groups is 1. The number of aromatic amines is 1. The summed E-state index contributed by atoms with van der Waals surface area (Å²) in [5.74, 6) is 0.730. The van der Waals surface area contributed by atoms with Crippen LogP contribution < -0.4 is 20.6 Å². The van der Waals surface area contributed by atoms with E-state index in [1.165, 1.54) is 18.3 Å². The molecule has 1 aromatic heterocycles. The highest BCUT2D eigenvalue weighted by Gasteiger charge is 2.11. The molecule has 2 N–H and O–H groups in total. The highest BCUT2D eigenvalue weighted by Crippen LogP contribution is 2.30. The number of anilines is 1. The number of nitrogens with zero attached hydrogens (tertiary/aromatic N) is 3. The quantitative estimate of drug-likeness (QED) is 0.416. The Bertz CT molecular complexity index is 1100. The number of rotatable bonds is 8. The first-order valence-electron chi connectivity index (χ1n) is 9.03. The second kappa shape index (κ2) is 9.84. The molecule has 0 aliphatic carbocycles. The van der Waals surface area contributed by atoms with Crippen molar-refractivity contribution in [1.29, 1.82) is 0 Å². The van der Waals surface area contributed by atoms with Crippen molar-refractivity contribution >= 4 is 23.6 Å². The van der Waals surface area contributed by atoms with Gasteiger partial charge in [-0.1, -0.05) is 17.7 Å². The van der Waals surface area contributed by atoms with E-state index in [9.17, 15) is 9.18 Å². The van der Waals surface area contributed by atoms with E-state index < -0.39 is 11.5 Å². The normalized spacial score (nSPS) is 10.9. The molecule has 3 aromatic rings. The van der Waals surface area contributed by atoms with E-state index in [0.717, 1.165) is 0 Å². The minimum Gasteiger partial charge on any atom is -0.490 e. The number of aryl methyl sites for hydroxylation is 1. The summed E-state index contributed by atoms with van der Waals surface area (Å²) in [5.41, 5.74) is 3.57. The van der Waals surface area contributed by atoms with Gasteiger partial charge < -0.3 is 9.47 Å². The lowest BCUT2D eigenvalue weighted by Gasteiger charge is -2.13. The first-order chi connectivity index (χ1) is 14.5. The van der Waals surface area contributed by atoms with Crippen LogP contribution in [0, 0.1) is 12.7 Å². The molecule has 1 heterocycles. The lowest BCUT2D eigenvalue weighted by molar-refractivity contribution is 0.266. The Morgan fingerprint density at radius 3 is 2.87 bits per heavy atom. The third-order valence-corrected chi connectivity index (χ3v) is 4.31. The Balaban J connectivity index is 1.74. The van der Waals surface area contributed by atoms with Crippen LogP contribution >= 0.6 is 11.6 Å². The number of aromatic nitrogens is 3. The second-order valence-corrected chi connectivity index (χ2v) is 6.48. The number of hydrogen-bond donors (Lipinski definition) is 2. The van der Waals surface area contributed by atoms with Crippen molar-refractivity contribution in [3.05, 3.63) is 74.5 Å². The van der Waals surface area contributed by atoms with Crippen LogP contribution in [0.5, 0.6) is 11.5 Å². The highest BCUT2D eigenvalue weighted by atomic mass is 35.5. The van der Waals surface area contributed by atoms with Gasteiger partial charge >= 0.3 is 5.69 Å². The van der Waals surface area contributed by atoms with E-state index >= 15 is 0 Å². The molecule has 3 rings (SSSR count). The highest BCUT2D eigenvalue weighted by molar-refractivity contribution is 6.31. The van der Waals surface area contributed by atoms with E-state index in [-0.39, 0.29) is 18.0 Å². The molecule has 0 saturated carbocycles. The molecule has 2 aromatic carbocycles. The summed E-state index contributed by atoms with van der Waals surface area (Å²) in [6.07, 6.45) is 1.53. The lowest BCUT2D eigenvalue weighted by atomic mass is 10.2. The maximum absolute atomic E-state index is 13.9. The van der Waals surface area contributed by atoms with E-state index in [0.29, 0.717) is 34.4 Å². The van der Waals surface area contributed by atoms with E-state index in [4.69, 9.17) is 21.1 Å². The number of nitrogens with one attached hydrogen (secondary N) is 2. The van der Waals surface area contributed by atoms with Gasteiger partial charge in [-0.25, -0.2) is 14.3 Å². The van der Waals surface area contributed by atoms with Gasteiger partial charge in [0.15, 0.2) is 17.3 Å². The van der Waals surface area contributed by atoms with Crippen molar-refractivity contribution in [3.63, 3.8) is 0 Å². The molecule has 30 heavy (non-hydrogen) atoms. The molecule has 0 bridgehead atoms. The largest absolute Gasteiger partial charge is 0.490 e. The van der Waals surface area contributed by atoms with Crippen LogP contribution in [-0.2, 0) is 6.61 Å². The first kappa shape index (κ1) is 21.3. The van der Waals surface area contributed by atoms with Crippen molar-refractivity contribution in [1.82, 2.24) is 15.2 Å². The Hall–Kier alpha value is -3.46. The van der Waals surface area contributed by atoms with Crippen molar-refractivity contribution in [3.8, 4) is 11.5 Å². The molecule has 0 aliphatic heterocycles. The zero-order valence-corrected chi connectivity index (χ0v) is 17.0. The Morgan fingerprint density at radius 2 is 2.10 bits per heavy atom. The molecule has 156 valence electrons. The smallest absolute Gasteiger partial charge is 0.363 e. The van der Waals surface area contributed by atoms with E-state index in [2.05, 4.69) is 25.7 Å². The fourth-order valence-corrected chi connectivity index (χ4v) is 2.70. The Kier molecular flexibility index (Phi) is 6.97. The van der Waals surface area contributed by atoms with Gasteiger partial charge in [0, 0.05) is 5.56 Å². The summed E-state index contributed by atoms with van der Waals surface area (Å²) in [6.45, 7) is 3.90. The Labute approximate surface area is 176 Å². The molecule has 0 radical (unpaired) electrons. The lowest BCUT2D eigenvalue weighted by Crippen LogP contribution is -2.15. The van der Waals surface area contributed by atoms with Crippen molar-refractivity contribution in [2.24, 2.45) is 5.10 Å². The summed E-state index contributed by atoms with van der Waals surface area (Å²) in [4.78, 5) is 15.0. The average Bonchev–Trinajstić information content (AvgIpc) is 2.72. The van der Waals surface area contributed by atoms with Gasteiger partial charge in [0.2, 0.25) is 0 Å². The molecular formula is C20H19ClFN5O3. The minimum absolute atomic E-state index is 0.0406. The molecule has 8 nitrogen and oxygen atoms in total. The number of benzene rings is 2. The summed E-state index contributed by atoms with van der Waals surface area (Å²) in [7, 11) is 0. The summed E-state index contributed by atoms with van der Waals surface area (Å²) >= 11 is 6.04. The minimum atomic E-state index is -0.576. The van der Waals surface area contributed by atoms with Gasteiger partial charge in [0.1, 0.15) is 18.1 Å². The predicted octanol–water partition coefficient (Wildman–Crippen LogP) is 3.69. The summed E-state index contributed by atoms with van der Waals surface area (Å²) in [5, 5.41) is 10.4. The number of H-pyrrole nitrogens is 1. The molecule has 10 heteroatoms. The van der Waals surface area contributed by atoms with Crippen LogP contribution in [0.25, 0.3) is 0 Å². The maximum Gasteiger partial charge on any atom is 0.363 e. The van der Waals surface area contributed by atoms with Crippen LogP contribution in [0.4, 0.5) is 10.2 Å². The van der Waals surface area contributed by atoms with Crippen LogP contribution in [-0.4, -0.2) is 28.0 Å². The van der Waals surface area contributed by atoms with E-state index in [1.807, 2.05) is 6.92 Å². The van der Waals surface area contributed by atoms with Gasteiger partial charge in [-0.15, -0.1) is 0 Å². The zero-order chi connectivity index (χ0) is 21.5. The molecule has 0 saturated heterocycles. The average molecular weight is 432 g/mol. The molecule has 0 fully saturated rings. The summed E-state index contributed by atoms with van der Waals surface area (Å²) < 4.78 is 25.3. The monoisotopic (exact) mass is 431 g/mol. The SMILES string of the molecule is CCOc1cc(/C=N/Nc2nc(=O)[nH]nc2C)ccc1OCc1c(F)cccc1Cl.